The first-order valence-corrected chi connectivity index (χ1v) is 9.99. The summed E-state index contributed by atoms with van der Waals surface area (Å²) in [6.07, 6.45) is 1.63. The second kappa shape index (κ2) is 9.57. The number of esters is 1. The highest BCUT2D eigenvalue weighted by Gasteiger charge is 2.36. The number of thioether (sulfide) groups is 1. The van der Waals surface area contributed by atoms with E-state index in [1.165, 1.54) is 11.8 Å². The van der Waals surface area contributed by atoms with E-state index in [4.69, 9.17) is 16.3 Å². The third-order valence-electron chi connectivity index (χ3n) is 3.87. The van der Waals surface area contributed by atoms with Gasteiger partial charge >= 0.3 is 5.97 Å². The summed E-state index contributed by atoms with van der Waals surface area (Å²) >= 11 is 7.15. The Morgan fingerprint density at radius 2 is 1.93 bits per heavy atom. The van der Waals surface area contributed by atoms with Crippen molar-refractivity contribution >= 4 is 46.3 Å². The van der Waals surface area contributed by atoms with Gasteiger partial charge in [-0.15, -0.1) is 0 Å². The van der Waals surface area contributed by atoms with Gasteiger partial charge in [0.15, 0.2) is 0 Å². The number of ether oxygens (including phenoxy) is 1. The number of carbonyl (C=O) groups is 1. The first-order chi connectivity index (χ1) is 13.6. The van der Waals surface area contributed by atoms with E-state index in [-0.39, 0.29) is 17.9 Å². The molecule has 0 radical (unpaired) electrons. The first kappa shape index (κ1) is 20.2. The highest BCUT2D eigenvalue weighted by atomic mass is 35.5. The molecule has 0 unspecified atom stereocenters. The molecule has 2 aromatic rings. The lowest BCUT2D eigenvalue weighted by Gasteiger charge is -2.04. The second-order valence-electron chi connectivity index (χ2n) is 5.89. The zero-order valence-electron chi connectivity index (χ0n) is 15.2. The molecule has 7 heteroatoms. The Morgan fingerprint density at radius 1 is 1.21 bits per heavy atom. The molecule has 2 aromatic carbocycles. The molecule has 144 valence electrons. The summed E-state index contributed by atoms with van der Waals surface area (Å²) in [5.74, 6) is -0.672. The Morgan fingerprint density at radius 3 is 2.61 bits per heavy atom. The number of aliphatic imine (C=N–C) groups is 2. The predicted molar refractivity (Wildman–Crippen MR) is 115 cm³/mol. The van der Waals surface area contributed by atoms with Crippen molar-refractivity contribution in [3.05, 3.63) is 76.5 Å². The van der Waals surface area contributed by atoms with Gasteiger partial charge in [-0.1, -0.05) is 53.7 Å². The van der Waals surface area contributed by atoms with Crippen molar-refractivity contribution in [1.29, 1.82) is 0 Å². The minimum Gasteiger partial charge on any atom is -0.510 e. The Bertz CT molecular complexity index is 924. The maximum atomic E-state index is 12.3. The number of hydrogen-bond acceptors (Lipinski definition) is 6. The molecule has 0 fully saturated rings. The molecule has 3 rings (SSSR count). The summed E-state index contributed by atoms with van der Waals surface area (Å²) in [5, 5.41) is 11.2. The number of aliphatic hydroxyl groups is 1. The van der Waals surface area contributed by atoms with Crippen molar-refractivity contribution in [1.82, 2.24) is 0 Å². The molecule has 0 bridgehead atoms. The molecule has 0 amide bonds. The Kier molecular flexibility index (Phi) is 6.90. The van der Waals surface area contributed by atoms with E-state index in [1.54, 1.807) is 25.3 Å². The van der Waals surface area contributed by atoms with Gasteiger partial charge in [0.1, 0.15) is 21.6 Å². The van der Waals surface area contributed by atoms with Crippen molar-refractivity contribution in [2.45, 2.75) is 18.7 Å². The number of halogens is 1. The van der Waals surface area contributed by atoms with Crippen molar-refractivity contribution in [2.24, 2.45) is 9.98 Å². The van der Waals surface area contributed by atoms with E-state index in [1.807, 2.05) is 42.5 Å². The van der Waals surface area contributed by atoms with Gasteiger partial charge in [0.2, 0.25) is 0 Å². The van der Waals surface area contributed by atoms with Crippen molar-refractivity contribution in [3.8, 4) is 0 Å². The van der Waals surface area contributed by atoms with Gasteiger partial charge in [-0.3, -0.25) is 4.99 Å². The van der Waals surface area contributed by atoms with Crippen LogP contribution in [-0.4, -0.2) is 34.2 Å². The topological polar surface area (TPSA) is 71.2 Å². The third kappa shape index (κ3) is 5.03. The smallest absolute Gasteiger partial charge is 0.344 e. The number of benzene rings is 2. The molecular weight excluding hydrogens is 396 g/mol. The van der Waals surface area contributed by atoms with Crippen LogP contribution in [0.3, 0.4) is 0 Å². The minimum atomic E-state index is -0.587. The normalized spacial score (nSPS) is 18.2. The molecule has 5 nitrogen and oxygen atoms in total. The van der Waals surface area contributed by atoms with Crippen LogP contribution in [0.25, 0.3) is 0 Å². The van der Waals surface area contributed by atoms with Crippen LogP contribution >= 0.6 is 23.4 Å². The van der Waals surface area contributed by atoms with E-state index in [0.717, 1.165) is 5.56 Å². The molecule has 0 saturated heterocycles. The maximum Gasteiger partial charge on any atom is 0.344 e. The lowest BCUT2D eigenvalue weighted by Crippen LogP contribution is -2.13. The minimum absolute atomic E-state index is 0.0852. The summed E-state index contributed by atoms with van der Waals surface area (Å²) < 4.78 is 5.09. The first-order valence-electron chi connectivity index (χ1n) is 8.74. The summed E-state index contributed by atoms with van der Waals surface area (Å²) in [7, 11) is 0. The number of hydrogen-bond donors (Lipinski definition) is 1. The fraction of sp³-hybridized carbons (Fsp3) is 0.190. The number of aliphatic hydroxyl groups excluding tert-OH is 1. The zero-order chi connectivity index (χ0) is 19.9. The average Bonchev–Trinajstić information content (AvgIpc) is 2.99. The van der Waals surface area contributed by atoms with Crippen LogP contribution in [0.4, 0.5) is 5.69 Å². The van der Waals surface area contributed by atoms with E-state index in [0.29, 0.717) is 22.3 Å². The quantitative estimate of drug-likeness (QED) is 0.525. The molecule has 1 N–H and O–H groups in total. The fourth-order valence-corrected chi connectivity index (χ4v) is 3.74. The van der Waals surface area contributed by atoms with Gasteiger partial charge in [0, 0.05) is 11.2 Å². The van der Waals surface area contributed by atoms with E-state index in [9.17, 15) is 9.90 Å². The van der Waals surface area contributed by atoms with Crippen LogP contribution in [0.5, 0.6) is 0 Å². The number of para-hydroxylation sites is 1. The summed E-state index contributed by atoms with van der Waals surface area (Å²) in [6.45, 7) is 2.38. The van der Waals surface area contributed by atoms with Gasteiger partial charge < -0.3 is 9.84 Å². The van der Waals surface area contributed by atoms with Gasteiger partial charge in [-0.25, -0.2) is 9.79 Å². The van der Waals surface area contributed by atoms with Gasteiger partial charge in [-0.2, -0.15) is 0 Å². The van der Waals surface area contributed by atoms with Crippen LogP contribution in [-0.2, 0) is 16.1 Å². The van der Waals surface area contributed by atoms with Crippen LogP contribution < -0.4 is 0 Å². The fourth-order valence-electron chi connectivity index (χ4n) is 2.53. The van der Waals surface area contributed by atoms with Gasteiger partial charge in [0.05, 0.1) is 18.8 Å². The maximum absolute atomic E-state index is 12.3. The molecule has 0 aromatic heterocycles. The Balaban J connectivity index is 1.82. The van der Waals surface area contributed by atoms with Crippen LogP contribution in [0.1, 0.15) is 12.5 Å². The highest BCUT2D eigenvalue weighted by Crippen LogP contribution is 2.35. The summed E-state index contributed by atoms with van der Waals surface area (Å²) in [6, 6.07) is 16.7. The van der Waals surface area contributed by atoms with Gasteiger partial charge in [0.25, 0.3) is 0 Å². The predicted octanol–water partition coefficient (Wildman–Crippen LogP) is 5.13. The lowest BCUT2D eigenvalue weighted by molar-refractivity contribution is -0.138. The van der Waals surface area contributed by atoms with Crippen LogP contribution in [0, 0.1) is 0 Å². The van der Waals surface area contributed by atoms with E-state index < -0.39 is 11.2 Å². The largest absolute Gasteiger partial charge is 0.510 e. The average molecular weight is 415 g/mol. The Labute approximate surface area is 172 Å². The molecule has 28 heavy (non-hydrogen) atoms. The highest BCUT2D eigenvalue weighted by molar-refractivity contribution is 8.16. The van der Waals surface area contributed by atoms with E-state index in [2.05, 4.69) is 9.98 Å². The molecule has 1 aliphatic heterocycles. The van der Waals surface area contributed by atoms with Crippen molar-refractivity contribution in [3.63, 3.8) is 0 Å². The molecule has 1 aliphatic rings. The zero-order valence-corrected chi connectivity index (χ0v) is 16.8. The third-order valence-corrected chi connectivity index (χ3v) is 5.24. The lowest BCUT2D eigenvalue weighted by atomic mass is 10.2. The van der Waals surface area contributed by atoms with Crippen LogP contribution in [0.15, 0.2) is 75.9 Å². The number of carbonyl (C=O) groups excluding carboxylic acids is 1. The molecule has 1 heterocycles. The van der Waals surface area contributed by atoms with Gasteiger partial charge in [-0.05, 0) is 36.8 Å². The molecule has 0 spiro atoms. The summed E-state index contributed by atoms with van der Waals surface area (Å²) in [5.41, 5.74) is 1.79. The molecular formula is C21H19ClN2O3S. The standard InChI is InChI=1S/C21H19ClN2O3S/c1-2-27-21(26)18-19(25)17(13-23-12-14-8-10-15(22)11-9-14)28-20(18)24-16-6-4-3-5-7-16/h3-11,13,17,25H,2,12H2,1H3/t17-/m0/s1. The van der Waals surface area contributed by atoms with E-state index >= 15 is 0 Å². The van der Waals surface area contributed by atoms with Crippen molar-refractivity contribution in [2.75, 3.05) is 6.61 Å². The summed E-state index contributed by atoms with van der Waals surface area (Å²) in [4.78, 5) is 21.2. The Hall–Kier alpha value is -2.57. The molecule has 0 aliphatic carbocycles. The molecule has 1 atom stereocenters. The monoisotopic (exact) mass is 414 g/mol. The number of nitrogens with zero attached hydrogens (tertiary/aromatic N) is 2. The second-order valence-corrected chi connectivity index (χ2v) is 7.45. The van der Waals surface area contributed by atoms with Crippen molar-refractivity contribution < 1.29 is 14.6 Å². The SMILES string of the molecule is CCOC(=O)C1=C(O)[C@H](C=NCc2ccc(Cl)cc2)SC1=Nc1ccccc1. The number of rotatable bonds is 6. The molecule has 0 saturated carbocycles. The van der Waals surface area contributed by atoms with Crippen LogP contribution in [0.2, 0.25) is 5.02 Å².